The molecule has 0 spiro atoms. The summed E-state index contributed by atoms with van der Waals surface area (Å²) in [5, 5.41) is 9.12. The number of rotatable bonds is 4. The molecule has 104 valence electrons. The molecule has 0 aromatic rings. The van der Waals surface area contributed by atoms with Gasteiger partial charge < -0.3 is 4.74 Å². The molecule has 1 rings (SSSR count). The molecule has 0 amide bonds. The SMILES string of the molecule is CC(C)(C)OCCN1CCN(C(C)(C)C#N)CC1. The molecule has 0 saturated carbocycles. The molecular formula is C14H27N3O. The molecule has 1 fully saturated rings. The van der Waals surface area contributed by atoms with Crippen molar-refractivity contribution in [1.82, 2.24) is 9.80 Å². The van der Waals surface area contributed by atoms with Gasteiger partial charge in [-0.3, -0.25) is 9.80 Å². The van der Waals surface area contributed by atoms with Crippen LogP contribution in [0.1, 0.15) is 34.6 Å². The van der Waals surface area contributed by atoms with Crippen LogP contribution in [0.2, 0.25) is 0 Å². The molecule has 4 nitrogen and oxygen atoms in total. The zero-order valence-electron chi connectivity index (χ0n) is 12.5. The van der Waals surface area contributed by atoms with Gasteiger partial charge in [0.25, 0.3) is 0 Å². The minimum absolute atomic E-state index is 0.0510. The minimum atomic E-state index is -0.339. The molecule has 1 aliphatic heterocycles. The molecule has 4 heteroatoms. The van der Waals surface area contributed by atoms with Crippen molar-refractivity contribution in [2.45, 2.75) is 45.8 Å². The molecular weight excluding hydrogens is 226 g/mol. The summed E-state index contributed by atoms with van der Waals surface area (Å²) < 4.78 is 5.74. The van der Waals surface area contributed by atoms with Crippen LogP contribution in [-0.2, 0) is 4.74 Å². The number of nitrogens with zero attached hydrogens (tertiary/aromatic N) is 3. The summed E-state index contributed by atoms with van der Waals surface area (Å²) in [4.78, 5) is 4.67. The minimum Gasteiger partial charge on any atom is -0.375 e. The van der Waals surface area contributed by atoms with E-state index in [0.29, 0.717) is 0 Å². The third-order valence-corrected chi connectivity index (χ3v) is 3.38. The fraction of sp³-hybridized carbons (Fsp3) is 0.929. The van der Waals surface area contributed by atoms with Crippen molar-refractivity contribution in [3.63, 3.8) is 0 Å². The van der Waals surface area contributed by atoms with Crippen LogP contribution < -0.4 is 0 Å². The predicted molar refractivity (Wildman–Crippen MR) is 73.4 cm³/mol. The Kier molecular flexibility index (Phi) is 5.15. The predicted octanol–water partition coefficient (Wildman–Crippen LogP) is 1.72. The molecule has 1 aliphatic rings. The maximum Gasteiger partial charge on any atom is 0.103 e. The standard InChI is InChI=1S/C14H27N3O/c1-13(2,3)18-11-10-16-6-8-17(9-7-16)14(4,5)12-15/h6-11H2,1-5H3. The van der Waals surface area contributed by atoms with Gasteiger partial charge >= 0.3 is 0 Å². The quantitative estimate of drug-likeness (QED) is 0.765. The molecule has 0 atom stereocenters. The summed E-state index contributed by atoms with van der Waals surface area (Å²) in [7, 11) is 0. The smallest absolute Gasteiger partial charge is 0.103 e. The monoisotopic (exact) mass is 253 g/mol. The van der Waals surface area contributed by atoms with Gasteiger partial charge in [-0.15, -0.1) is 0 Å². The number of piperazine rings is 1. The molecule has 0 radical (unpaired) electrons. The van der Waals surface area contributed by atoms with Crippen molar-refractivity contribution >= 4 is 0 Å². The first-order valence-electron chi connectivity index (χ1n) is 6.77. The third-order valence-electron chi connectivity index (χ3n) is 3.38. The van der Waals surface area contributed by atoms with Gasteiger partial charge in [-0.1, -0.05) is 0 Å². The summed E-state index contributed by atoms with van der Waals surface area (Å²) >= 11 is 0. The van der Waals surface area contributed by atoms with Crippen LogP contribution in [0.25, 0.3) is 0 Å². The summed E-state index contributed by atoms with van der Waals surface area (Å²) in [6.45, 7) is 16.0. The summed E-state index contributed by atoms with van der Waals surface area (Å²) in [5.74, 6) is 0. The molecule has 0 N–H and O–H groups in total. The molecule has 0 unspecified atom stereocenters. The Bertz CT molecular complexity index is 293. The van der Waals surface area contributed by atoms with Gasteiger partial charge in [0.15, 0.2) is 0 Å². The second kappa shape index (κ2) is 6.01. The Hall–Kier alpha value is -0.630. The van der Waals surface area contributed by atoms with Crippen molar-refractivity contribution in [1.29, 1.82) is 5.26 Å². The molecule has 1 heterocycles. The van der Waals surface area contributed by atoms with E-state index in [1.807, 2.05) is 13.8 Å². The molecule has 0 aromatic carbocycles. The Morgan fingerprint density at radius 3 is 2.06 bits per heavy atom. The Morgan fingerprint density at radius 1 is 1.06 bits per heavy atom. The third kappa shape index (κ3) is 4.93. The van der Waals surface area contributed by atoms with E-state index in [1.54, 1.807) is 0 Å². The summed E-state index contributed by atoms with van der Waals surface area (Å²) in [6.07, 6.45) is 0. The lowest BCUT2D eigenvalue weighted by Gasteiger charge is -2.40. The maximum absolute atomic E-state index is 9.12. The fourth-order valence-electron chi connectivity index (χ4n) is 2.08. The topological polar surface area (TPSA) is 39.5 Å². The summed E-state index contributed by atoms with van der Waals surface area (Å²) in [5.41, 5.74) is -0.390. The number of nitriles is 1. The average molecular weight is 253 g/mol. The van der Waals surface area contributed by atoms with Crippen LogP contribution in [0.3, 0.4) is 0 Å². The molecule has 0 aromatic heterocycles. The van der Waals surface area contributed by atoms with Gasteiger partial charge in [-0.2, -0.15) is 5.26 Å². The molecule has 0 bridgehead atoms. The highest BCUT2D eigenvalue weighted by atomic mass is 16.5. The molecule has 18 heavy (non-hydrogen) atoms. The van der Waals surface area contributed by atoms with Crippen LogP contribution in [-0.4, -0.2) is 60.3 Å². The van der Waals surface area contributed by atoms with Crippen LogP contribution in [0.5, 0.6) is 0 Å². The van der Waals surface area contributed by atoms with Crippen molar-refractivity contribution in [2.24, 2.45) is 0 Å². The normalized spacial score (nSPS) is 19.8. The van der Waals surface area contributed by atoms with E-state index in [4.69, 9.17) is 10.00 Å². The van der Waals surface area contributed by atoms with E-state index in [2.05, 4.69) is 36.6 Å². The van der Waals surface area contributed by atoms with Crippen LogP contribution in [0.4, 0.5) is 0 Å². The number of hydrogen-bond acceptors (Lipinski definition) is 4. The second-order valence-electron chi connectivity index (χ2n) is 6.46. The first kappa shape index (κ1) is 15.4. The Morgan fingerprint density at radius 2 is 1.61 bits per heavy atom. The van der Waals surface area contributed by atoms with Gasteiger partial charge in [0.05, 0.1) is 18.3 Å². The van der Waals surface area contributed by atoms with Crippen LogP contribution in [0, 0.1) is 11.3 Å². The van der Waals surface area contributed by atoms with Gasteiger partial charge in [0.2, 0.25) is 0 Å². The van der Waals surface area contributed by atoms with Crippen molar-refractivity contribution in [3.8, 4) is 6.07 Å². The van der Waals surface area contributed by atoms with Crippen molar-refractivity contribution < 1.29 is 4.74 Å². The first-order chi connectivity index (χ1) is 8.24. The lowest BCUT2D eigenvalue weighted by atomic mass is 10.0. The highest BCUT2D eigenvalue weighted by Gasteiger charge is 2.29. The van der Waals surface area contributed by atoms with Gasteiger partial charge in [0.1, 0.15) is 5.54 Å². The van der Waals surface area contributed by atoms with Crippen LogP contribution in [0.15, 0.2) is 0 Å². The first-order valence-corrected chi connectivity index (χ1v) is 6.77. The van der Waals surface area contributed by atoms with E-state index in [9.17, 15) is 0 Å². The van der Waals surface area contributed by atoms with E-state index >= 15 is 0 Å². The Balaban J connectivity index is 2.26. The highest BCUT2D eigenvalue weighted by molar-refractivity contribution is 5.02. The Labute approximate surface area is 112 Å². The van der Waals surface area contributed by atoms with E-state index in [1.165, 1.54) is 0 Å². The van der Waals surface area contributed by atoms with Gasteiger partial charge in [-0.05, 0) is 34.6 Å². The zero-order chi connectivity index (χ0) is 13.8. The van der Waals surface area contributed by atoms with E-state index in [-0.39, 0.29) is 11.1 Å². The van der Waals surface area contributed by atoms with E-state index < -0.39 is 0 Å². The van der Waals surface area contributed by atoms with Crippen molar-refractivity contribution in [3.05, 3.63) is 0 Å². The average Bonchev–Trinajstić information content (AvgIpc) is 2.28. The lowest BCUT2D eigenvalue weighted by Crippen LogP contribution is -2.54. The largest absolute Gasteiger partial charge is 0.375 e. The summed E-state index contributed by atoms with van der Waals surface area (Å²) in [6, 6.07) is 2.37. The highest BCUT2D eigenvalue weighted by Crippen LogP contribution is 2.16. The van der Waals surface area contributed by atoms with Gasteiger partial charge in [0, 0.05) is 32.7 Å². The number of ether oxygens (including phenoxy) is 1. The van der Waals surface area contributed by atoms with Gasteiger partial charge in [-0.25, -0.2) is 0 Å². The zero-order valence-corrected chi connectivity index (χ0v) is 12.5. The lowest BCUT2D eigenvalue weighted by molar-refractivity contribution is -0.0205. The second-order valence-corrected chi connectivity index (χ2v) is 6.46. The fourth-order valence-corrected chi connectivity index (χ4v) is 2.08. The van der Waals surface area contributed by atoms with Crippen molar-refractivity contribution in [2.75, 3.05) is 39.3 Å². The molecule has 0 aliphatic carbocycles. The van der Waals surface area contributed by atoms with Crippen LogP contribution >= 0.6 is 0 Å². The maximum atomic E-state index is 9.12. The number of hydrogen-bond donors (Lipinski definition) is 0. The molecule has 1 saturated heterocycles. The van der Waals surface area contributed by atoms with E-state index in [0.717, 1.165) is 39.3 Å².